The van der Waals surface area contributed by atoms with Crippen molar-refractivity contribution in [2.24, 2.45) is 10.2 Å². The largest absolute Gasteiger partial charge is 0.295 e. The van der Waals surface area contributed by atoms with Crippen molar-refractivity contribution in [3.05, 3.63) is 66.2 Å². The average Bonchev–Trinajstić information content (AvgIpc) is 2.38. The van der Waals surface area contributed by atoms with Gasteiger partial charge in [-0.2, -0.15) is 0 Å². The quantitative estimate of drug-likeness (QED) is 0.698. The number of nitrogens with zero attached hydrogens (tertiary/aromatic N) is 2. The molecular formula is C13H10N2O. The molecule has 0 aliphatic carbocycles. The monoisotopic (exact) mass is 210 g/mol. The molecule has 0 heterocycles. The van der Waals surface area contributed by atoms with E-state index in [1.165, 1.54) is 0 Å². The molecule has 0 aromatic heterocycles. The average molecular weight is 210 g/mol. The van der Waals surface area contributed by atoms with Crippen molar-refractivity contribution in [1.29, 1.82) is 0 Å². The fourth-order valence-electron chi connectivity index (χ4n) is 1.24. The number of benzene rings is 2. The van der Waals surface area contributed by atoms with Crippen LogP contribution in [-0.4, -0.2) is 5.91 Å². The second-order valence-electron chi connectivity index (χ2n) is 3.21. The molecule has 0 aliphatic heterocycles. The molecule has 16 heavy (non-hydrogen) atoms. The van der Waals surface area contributed by atoms with Gasteiger partial charge in [-0.05, 0) is 24.3 Å². The zero-order chi connectivity index (χ0) is 11.2. The van der Waals surface area contributed by atoms with Crippen molar-refractivity contribution >= 4 is 11.6 Å². The third-order valence-electron chi connectivity index (χ3n) is 2.03. The molecule has 0 unspecified atom stereocenters. The van der Waals surface area contributed by atoms with E-state index >= 15 is 0 Å². The summed E-state index contributed by atoms with van der Waals surface area (Å²) in [5.41, 5.74) is 1.22. The van der Waals surface area contributed by atoms with Gasteiger partial charge in [0, 0.05) is 5.56 Å². The minimum Gasteiger partial charge on any atom is -0.265 e. The van der Waals surface area contributed by atoms with Crippen LogP contribution >= 0.6 is 0 Å². The molecule has 1 amide bonds. The van der Waals surface area contributed by atoms with Gasteiger partial charge in [0.1, 0.15) is 0 Å². The van der Waals surface area contributed by atoms with Crippen LogP contribution in [0.25, 0.3) is 0 Å². The van der Waals surface area contributed by atoms with Crippen LogP contribution in [0, 0.1) is 0 Å². The topological polar surface area (TPSA) is 41.8 Å². The maximum atomic E-state index is 11.6. The molecule has 78 valence electrons. The van der Waals surface area contributed by atoms with Crippen LogP contribution in [-0.2, 0) is 0 Å². The first-order valence-corrected chi connectivity index (χ1v) is 4.92. The minimum absolute atomic E-state index is 0.329. The van der Waals surface area contributed by atoms with Gasteiger partial charge in [0.2, 0.25) is 0 Å². The van der Waals surface area contributed by atoms with Crippen molar-refractivity contribution in [2.45, 2.75) is 0 Å². The van der Waals surface area contributed by atoms with Gasteiger partial charge in [0.25, 0.3) is 5.91 Å². The molecule has 0 spiro atoms. The molecule has 3 heteroatoms. The number of azo groups is 1. The van der Waals surface area contributed by atoms with Crippen molar-refractivity contribution in [3.63, 3.8) is 0 Å². The fraction of sp³-hybridized carbons (Fsp3) is 0. The Labute approximate surface area is 93.5 Å². The summed E-state index contributed by atoms with van der Waals surface area (Å²) in [6, 6.07) is 18.0. The van der Waals surface area contributed by atoms with E-state index in [0.717, 1.165) is 0 Å². The molecule has 0 saturated carbocycles. The van der Waals surface area contributed by atoms with Gasteiger partial charge < -0.3 is 0 Å². The van der Waals surface area contributed by atoms with Crippen molar-refractivity contribution in [1.82, 2.24) is 0 Å². The molecule has 3 nitrogen and oxygen atoms in total. The summed E-state index contributed by atoms with van der Waals surface area (Å²) >= 11 is 0. The van der Waals surface area contributed by atoms with Crippen LogP contribution < -0.4 is 0 Å². The van der Waals surface area contributed by atoms with Crippen LogP contribution in [0.4, 0.5) is 5.69 Å². The number of hydrogen-bond donors (Lipinski definition) is 0. The maximum absolute atomic E-state index is 11.6. The molecule has 0 saturated heterocycles. The van der Waals surface area contributed by atoms with Crippen LogP contribution in [0.1, 0.15) is 10.4 Å². The van der Waals surface area contributed by atoms with E-state index < -0.39 is 0 Å². The van der Waals surface area contributed by atoms with Crippen molar-refractivity contribution in [3.8, 4) is 0 Å². The molecule has 2 aromatic carbocycles. The highest BCUT2D eigenvalue weighted by Gasteiger charge is 2.01. The lowest BCUT2D eigenvalue weighted by Gasteiger charge is -1.92. The summed E-state index contributed by atoms with van der Waals surface area (Å²) < 4.78 is 0. The van der Waals surface area contributed by atoms with Crippen LogP contribution in [0.15, 0.2) is 70.9 Å². The van der Waals surface area contributed by atoms with Gasteiger partial charge in [-0.1, -0.05) is 36.4 Å². The summed E-state index contributed by atoms with van der Waals surface area (Å²) in [5.74, 6) is -0.329. The van der Waals surface area contributed by atoms with Crippen molar-refractivity contribution < 1.29 is 4.79 Å². The lowest BCUT2D eigenvalue weighted by Crippen LogP contribution is -1.91. The predicted octanol–water partition coefficient (Wildman–Crippen LogP) is 3.61. The Balaban J connectivity index is 2.12. The number of carbonyl (C=O) groups is 1. The van der Waals surface area contributed by atoms with Crippen LogP contribution in [0.3, 0.4) is 0 Å². The van der Waals surface area contributed by atoms with Crippen LogP contribution in [0.5, 0.6) is 0 Å². The Morgan fingerprint density at radius 1 is 0.812 bits per heavy atom. The van der Waals surface area contributed by atoms with E-state index in [1.54, 1.807) is 36.4 Å². The molecule has 0 bridgehead atoms. The SMILES string of the molecule is O=C(/N=N/c1ccccc1)c1ccccc1. The molecular weight excluding hydrogens is 200 g/mol. The molecule has 0 aliphatic rings. The Kier molecular flexibility index (Phi) is 3.18. The number of carbonyl (C=O) groups excluding carboxylic acids is 1. The van der Waals surface area contributed by atoms with E-state index in [1.807, 2.05) is 24.3 Å². The van der Waals surface area contributed by atoms with Gasteiger partial charge in [0.15, 0.2) is 0 Å². The van der Waals surface area contributed by atoms with E-state index in [0.29, 0.717) is 11.3 Å². The van der Waals surface area contributed by atoms with E-state index in [-0.39, 0.29) is 5.91 Å². The summed E-state index contributed by atoms with van der Waals surface area (Å²) in [4.78, 5) is 11.6. The number of amides is 1. The molecule has 2 rings (SSSR count). The van der Waals surface area contributed by atoms with Gasteiger partial charge in [0.05, 0.1) is 5.69 Å². The molecule has 0 atom stereocenters. The fourth-order valence-corrected chi connectivity index (χ4v) is 1.24. The first kappa shape index (κ1) is 10.2. The minimum atomic E-state index is -0.329. The highest BCUT2D eigenvalue weighted by Crippen LogP contribution is 2.11. The zero-order valence-electron chi connectivity index (χ0n) is 8.58. The van der Waals surface area contributed by atoms with Gasteiger partial charge in [-0.3, -0.25) is 4.79 Å². The first-order valence-electron chi connectivity index (χ1n) is 4.92. The highest BCUT2D eigenvalue weighted by atomic mass is 16.1. The molecule has 0 N–H and O–H groups in total. The third kappa shape index (κ3) is 2.60. The molecule has 2 aromatic rings. The first-order chi connectivity index (χ1) is 7.86. The Bertz CT molecular complexity index is 492. The normalized spacial score (nSPS) is 10.5. The number of hydrogen-bond acceptors (Lipinski definition) is 2. The number of rotatable bonds is 2. The second kappa shape index (κ2) is 4.98. The summed E-state index contributed by atoms with van der Waals surface area (Å²) in [6.45, 7) is 0. The highest BCUT2D eigenvalue weighted by molar-refractivity contribution is 5.94. The van der Waals surface area contributed by atoms with E-state index in [4.69, 9.17) is 0 Å². The molecule has 0 fully saturated rings. The summed E-state index contributed by atoms with van der Waals surface area (Å²) in [7, 11) is 0. The van der Waals surface area contributed by atoms with Gasteiger partial charge >= 0.3 is 0 Å². The van der Waals surface area contributed by atoms with E-state index in [9.17, 15) is 4.79 Å². The van der Waals surface area contributed by atoms with Gasteiger partial charge in [-0.25, -0.2) is 0 Å². The standard InChI is InChI=1S/C13H10N2O/c16-13(11-7-3-1-4-8-11)15-14-12-9-5-2-6-10-12/h1-10H/b15-14+. The lowest BCUT2D eigenvalue weighted by atomic mass is 10.2. The smallest absolute Gasteiger partial charge is 0.265 e. The summed E-state index contributed by atoms with van der Waals surface area (Å²) in [6.07, 6.45) is 0. The third-order valence-corrected chi connectivity index (χ3v) is 2.03. The Morgan fingerprint density at radius 3 is 2.00 bits per heavy atom. The van der Waals surface area contributed by atoms with E-state index in [2.05, 4.69) is 10.2 Å². The van der Waals surface area contributed by atoms with Crippen LogP contribution in [0.2, 0.25) is 0 Å². The predicted molar refractivity (Wildman–Crippen MR) is 61.7 cm³/mol. The second-order valence-corrected chi connectivity index (χ2v) is 3.21. The lowest BCUT2D eigenvalue weighted by molar-refractivity contribution is 0.0995. The summed E-state index contributed by atoms with van der Waals surface area (Å²) in [5, 5.41) is 7.51. The Hall–Kier alpha value is -2.29. The van der Waals surface area contributed by atoms with Crippen molar-refractivity contribution in [2.75, 3.05) is 0 Å². The molecule has 0 radical (unpaired) electrons. The maximum Gasteiger partial charge on any atom is 0.295 e. The Morgan fingerprint density at radius 2 is 1.38 bits per heavy atom. The zero-order valence-corrected chi connectivity index (χ0v) is 8.58. The van der Waals surface area contributed by atoms with Gasteiger partial charge in [-0.15, -0.1) is 10.2 Å².